The first-order valence-corrected chi connectivity index (χ1v) is 8.33. The van der Waals surface area contributed by atoms with Gasteiger partial charge in [-0.05, 0) is 59.7 Å². The number of nitrogens with zero attached hydrogens (tertiary/aromatic N) is 1. The number of unbranched alkanes of at least 4 members (excludes halogenated alkanes) is 1. The summed E-state index contributed by atoms with van der Waals surface area (Å²) in [5.41, 5.74) is 0. The molecule has 4 heteroatoms. The van der Waals surface area contributed by atoms with Crippen LogP contribution >= 0.6 is 0 Å². The predicted molar refractivity (Wildman–Crippen MR) is 81.9 cm³/mol. The van der Waals surface area contributed by atoms with Gasteiger partial charge in [-0.15, -0.1) is 0 Å². The van der Waals surface area contributed by atoms with Crippen molar-refractivity contribution in [3.8, 4) is 0 Å². The van der Waals surface area contributed by atoms with Gasteiger partial charge < -0.3 is 19.7 Å². The van der Waals surface area contributed by atoms with Crippen LogP contribution in [0.5, 0.6) is 0 Å². The van der Waals surface area contributed by atoms with Crippen LogP contribution < -0.4 is 5.32 Å². The minimum atomic E-state index is -0.210. The van der Waals surface area contributed by atoms with Gasteiger partial charge in [-0.3, -0.25) is 0 Å². The first-order valence-electron chi connectivity index (χ1n) is 8.33. The number of hydrogen-bond acceptors (Lipinski definition) is 4. The quantitative estimate of drug-likeness (QED) is 0.728. The molecule has 0 unspecified atom stereocenters. The van der Waals surface area contributed by atoms with Crippen LogP contribution in [0.4, 0.5) is 0 Å². The molecule has 0 aromatic heterocycles. The molecule has 1 heterocycles. The van der Waals surface area contributed by atoms with E-state index in [1.54, 1.807) is 0 Å². The maximum Gasteiger partial charge on any atom is 0.168 e. The topological polar surface area (TPSA) is 33.7 Å². The van der Waals surface area contributed by atoms with E-state index in [-0.39, 0.29) is 5.79 Å². The first-order chi connectivity index (χ1) is 9.61. The van der Waals surface area contributed by atoms with Gasteiger partial charge in [0.25, 0.3) is 0 Å². The largest absolute Gasteiger partial charge is 0.348 e. The molecule has 0 radical (unpaired) electrons. The van der Waals surface area contributed by atoms with Gasteiger partial charge in [0.1, 0.15) is 0 Å². The number of ether oxygens (including phenoxy) is 2. The second kappa shape index (κ2) is 7.74. The van der Waals surface area contributed by atoms with E-state index in [1.807, 2.05) is 0 Å². The lowest BCUT2D eigenvalue weighted by Gasteiger charge is -2.35. The Kier molecular flexibility index (Phi) is 6.27. The Morgan fingerprint density at radius 2 is 1.80 bits per heavy atom. The highest BCUT2D eigenvalue weighted by Crippen LogP contribution is 2.35. The van der Waals surface area contributed by atoms with Crippen molar-refractivity contribution in [1.29, 1.82) is 0 Å². The van der Waals surface area contributed by atoms with E-state index in [9.17, 15) is 0 Å². The summed E-state index contributed by atoms with van der Waals surface area (Å²) >= 11 is 0. The van der Waals surface area contributed by atoms with E-state index in [0.29, 0.717) is 12.1 Å². The molecule has 0 amide bonds. The normalized spacial score (nSPS) is 23.2. The Bertz CT molecular complexity index is 268. The second-order valence-electron chi connectivity index (χ2n) is 6.62. The van der Waals surface area contributed by atoms with E-state index in [2.05, 4.69) is 31.1 Å². The molecule has 1 saturated carbocycles. The van der Waals surface area contributed by atoms with Crippen LogP contribution in [0, 0.1) is 0 Å². The van der Waals surface area contributed by atoms with Crippen molar-refractivity contribution in [2.75, 3.05) is 33.4 Å². The first kappa shape index (κ1) is 16.2. The van der Waals surface area contributed by atoms with Gasteiger partial charge in [0.15, 0.2) is 5.79 Å². The lowest BCUT2D eigenvalue weighted by atomic mass is 9.90. The average molecular weight is 284 g/mol. The Hall–Kier alpha value is -0.160. The molecule has 2 fully saturated rings. The third-order valence-corrected chi connectivity index (χ3v) is 4.81. The Morgan fingerprint density at radius 3 is 2.40 bits per heavy atom. The highest BCUT2D eigenvalue weighted by atomic mass is 16.7. The molecule has 1 aliphatic carbocycles. The van der Waals surface area contributed by atoms with E-state index < -0.39 is 0 Å². The number of nitrogens with one attached hydrogen (secondary N) is 1. The lowest BCUT2D eigenvalue weighted by molar-refractivity contribution is -0.179. The monoisotopic (exact) mass is 284 g/mol. The van der Waals surface area contributed by atoms with Gasteiger partial charge in [0.2, 0.25) is 0 Å². The standard InChI is InChI=1S/C16H32N2O2/c1-14(2)18(3)11-5-4-10-17-15-6-8-16(9-7-15)19-12-13-20-16/h14-15,17H,4-13H2,1-3H3. The third kappa shape index (κ3) is 4.69. The summed E-state index contributed by atoms with van der Waals surface area (Å²) in [4.78, 5) is 2.42. The predicted octanol–water partition coefficient (Wildman–Crippen LogP) is 2.38. The van der Waals surface area contributed by atoms with Gasteiger partial charge in [-0.25, -0.2) is 0 Å². The number of rotatable bonds is 7. The van der Waals surface area contributed by atoms with Gasteiger partial charge >= 0.3 is 0 Å². The molecule has 0 aromatic rings. The number of hydrogen-bond donors (Lipinski definition) is 1. The molecule has 1 aliphatic heterocycles. The molecule has 0 atom stereocenters. The molecule has 20 heavy (non-hydrogen) atoms. The smallest absolute Gasteiger partial charge is 0.168 e. The summed E-state index contributed by atoms with van der Waals surface area (Å²) in [7, 11) is 2.21. The molecule has 4 nitrogen and oxygen atoms in total. The molecule has 0 bridgehead atoms. The molecule has 2 aliphatic rings. The van der Waals surface area contributed by atoms with Gasteiger partial charge in [-0.2, -0.15) is 0 Å². The summed E-state index contributed by atoms with van der Waals surface area (Å²) < 4.78 is 11.5. The van der Waals surface area contributed by atoms with Crippen molar-refractivity contribution in [3.05, 3.63) is 0 Å². The highest BCUT2D eigenvalue weighted by Gasteiger charge is 2.39. The van der Waals surface area contributed by atoms with Crippen molar-refractivity contribution in [2.24, 2.45) is 0 Å². The fraction of sp³-hybridized carbons (Fsp3) is 1.00. The van der Waals surface area contributed by atoms with Gasteiger partial charge in [0, 0.05) is 24.9 Å². The molecule has 1 spiro atoms. The fourth-order valence-corrected chi connectivity index (χ4v) is 3.10. The van der Waals surface area contributed by atoms with Crippen LogP contribution in [-0.4, -0.2) is 56.1 Å². The lowest BCUT2D eigenvalue weighted by Crippen LogP contribution is -2.42. The summed E-state index contributed by atoms with van der Waals surface area (Å²) in [6.07, 6.45) is 7.04. The van der Waals surface area contributed by atoms with E-state index in [1.165, 1.54) is 32.2 Å². The van der Waals surface area contributed by atoms with Crippen LogP contribution in [0.1, 0.15) is 52.4 Å². The Balaban J connectivity index is 1.51. The molecule has 1 N–H and O–H groups in total. The maximum absolute atomic E-state index is 5.77. The van der Waals surface area contributed by atoms with E-state index in [4.69, 9.17) is 9.47 Å². The molecular formula is C16H32N2O2. The summed E-state index contributed by atoms with van der Waals surface area (Å²) in [5.74, 6) is -0.210. The van der Waals surface area contributed by atoms with Crippen molar-refractivity contribution in [3.63, 3.8) is 0 Å². The second-order valence-corrected chi connectivity index (χ2v) is 6.62. The van der Waals surface area contributed by atoms with Crippen molar-refractivity contribution in [2.45, 2.75) is 70.2 Å². The maximum atomic E-state index is 5.77. The molecule has 118 valence electrons. The zero-order valence-electron chi connectivity index (χ0n) is 13.5. The van der Waals surface area contributed by atoms with E-state index in [0.717, 1.165) is 32.6 Å². The minimum Gasteiger partial charge on any atom is -0.348 e. The van der Waals surface area contributed by atoms with Gasteiger partial charge in [-0.1, -0.05) is 0 Å². The van der Waals surface area contributed by atoms with Crippen LogP contribution in [0.15, 0.2) is 0 Å². The van der Waals surface area contributed by atoms with Crippen molar-refractivity contribution >= 4 is 0 Å². The summed E-state index contributed by atoms with van der Waals surface area (Å²) in [5, 5.41) is 3.70. The van der Waals surface area contributed by atoms with Crippen LogP contribution in [0.25, 0.3) is 0 Å². The SMILES string of the molecule is CC(C)N(C)CCCCNC1CCC2(CC1)OCCO2. The summed E-state index contributed by atoms with van der Waals surface area (Å²) in [6.45, 7) is 8.41. The molecule has 2 rings (SSSR count). The molecule has 1 saturated heterocycles. The Labute approximate surface area is 124 Å². The van der Waals surface area contributed by atoms with Crippen LogP contribution in [0.2, 0.25) is 0 Å². The highest BCUT2D eigenvalue weighted by molar-refractivity contribution is 4.85. The Morgan fingerprint density at radius 1 is 1.15 bits per heavy atom. The van der Waals surface area contributed by atoms with Crippen molar-refractivity contribution in [1.82, 2.24) is 10.2 Å². The van der Waals surface area contributed by atoms with Gasteiger partial charge in [0.05, 0.1) is 13.2 Å². The van der Waals surface area contributed by atoms with Crippen molar-refractivity contribution < 1.29 is 9.47 Å². The van der Waals surface area contributed by atoms with Crippen LogP contribution in [0.3, 0.4) is 0 Å². The third-order valence-electron chi connectivity index (χ3n) is 4.81. The summed E-state index contributed by atoms with van der Waals surface area (Å²) in [6, 6.07) is 1.32. The zero-order chi connectivity index (χ0) is 14.4. The zero-order valence-corrected chi connectivity index (χ0v) is 13.5. The van der Waals surface area contributed by atoms with E-state index >= 15 is 0 Å². The molecular weight excluding hydrogens is 252 g/mol. The average Bonchev–Trinajstić information content (AvgIpc) is 2.89. The van der Waals surface area contributed by atoms with Crippen LogP contribution in [-0.2, 0) is 9.47 Å². The minimum absolute atomic E-state index is 0.210. The fourth-order valence-electron chi connectivity index (χ4n) is 3.10. The molecule has 0 aromatic carbocycles.